The zero-order valence-corrected chi connectivity index (χ0v) is 9.09. The van der Waals surface area contributed by atoms with E-state index in [0.717, 1.165) is 34.7 Å². The molecule has 0 radical (unpaired) electrons. The second-order valence-corrected chi connectivity index (χ2v) is 3.90. The highest BCUT2D eigenvalue weighted by Gasteiger charge is 2.13. The van der Waals surface area contributed by atoms with Crippen molar-refractivity contribution >= 4 is 11.6 Å². The number of hydrogen-bond donors (Lipinski definition) is 1. The molecule has 15 heavy (non-hydrogen) atoms. The Labute approximate surface area is 93.6 Å². The van der Waals surface area contributed by atoms with Crippen molar-refractivity contribution in [1.29, 1.82) is 0 Å². The third-order valence-electron chi connectivity index (χ3n) is 2.39. The van der Waals surface area contributed by atoms with Crippen LogP contribution in [-0.4, -0.2) is 18.5 Å². The molecule has 1 aliphatic heterocycles. The summed E-state index contributed by atoms with van der Waals surface area (Å²) in [6.07, 6.45) is 1.49. The van der Waals surface area contributed by atoms with Gasteiger partial charge in [-0.15, -0.1) is 0 Å². The second-order valence-electron chi connectivity index (χ2n) is 3.49. The molecule has 2 rings (SSSR count). The van der Waals surface area contributed by atoms with Crippen LogP contribution < -0.4 is 4.74 Å². The molecule has 0 aliphatic carbocycles. The van der Waals surface area contributed by atoms with Gasteiger partial charge in [-0.2, -0.15) is 0 Å². The van der Waals surface area contributed by atoms with Gasteiger partial charge in [-0.1, -0.05) is 11.6 Å². The first-order valence-corrected chi connectivity index (χ1v) is 5.32. The van der Waals surface area contributed by atoms with Crippen molar-refractivity contribution < 1.29 is 14.6 Å². The molecule has 1 aromatic carbocycles. The normalized spacial score (nSPS) is 14.5. The number of rotatable bonds is 3. The number of halogens is 1. The molecule has 0 atom stereocenters. The van der Waals surface area contributed by atoms with E-state index in [1.165, 1.54) is 0 Å². The maximum absolute atomic E-state index is 8.76. The molecule has 0 fully saturated rings. The lowest BCUT2D eigenvalue weighted by atomic mass is 10.1. The molecule has 3 nitrogen and oxygen atoms in total. The van der Waals surface area contributed by atoms with Crippen LogP contribution in [0.25, 0.3) is 0 Å². The first kappa shape index (κ1) is 10.7. The molecule has 0 unspecified atom stereocenters. The molecule has 0 saturated heterocycles. The zero-order valence-electron chi connectivity index (χ0n) is 8.33. The molecule has 1 aliphatic rings. The number of aliphatic hydroxyl groups excluding tert-OH is 1. The standard InChI is InChI=1S/C11H13ClO3/c12-10-4-9-6-14-7-15-11(9)5-8(10)2-1-3-13/h4-5,13H,1-3,6-7H2. The summed E-state index contributed by atoms with van der Waals surface area (Å²) in [7, 11) is 0. The van der Waals surface area contributed by atoms with Gasteiger partial charge < -0.3 is 14.6 Å². The van der Waals surface area contributed by atoms with Crippen LogP contribution in [0.5, 0.6) is 5.75 Å². The van der Waals surface area contributed by atoms with Gasteiger partial charge in [0.05, 0.1) is 6.61 Å². The molecule has 0 amide bonds. The number of hydrogen-bond acceptors (Lipinski definition) is 3. The SMILES string of the molecule is OCCCc1cc2c(cc1Cl)COCO2. The lowest BCUT2D eigenvalue weighted by molar-refractivity contribution is -0.0164. The second kappa shape index (κ2) is 4.84. The van der Waals surface area contributed by atoms with Crippen molar-refractivity contribution in [2.45, 2.75) is 19.4 Å². The Morgan fingerprint density at radius 2 is 2.27 bits per heavy atom. The average molecular weight is 229 g/mol. The number of aliphatic hydroxyl groups is 1. The number of benzene rings is 1. The number of aryl methyl sites for hydroxylation is 1. The molecule has 4 heteroatoms. The van der Waals surface area contributed by atoms with E-state index in [4.69, 9.17) is 26.2 Å². The highest BCUT2D eigenvalue weighted by molar-refractivity contribution is 6.31. The maximum atomic E-state index is 8.76. The van der Waals surface area contributed by atoms with Crippen molar-refractivity contribution in [2.24, 2.45) is 0 Å². The summed E-state index contributed by atoms with van der Waals surface area (Å²) in [6.45, 7) is 1.03. The van der Waals surface area contributed by atoms with Gasteiger partial charge >= 0.3 is 0 Å². The highest BCUT2D eigenvalue weighted by atomic mass is 35.5. The topological polar surface area (TPSA) is 38.7 Å². The van der Waals surface area contributed by atoms with Crippen LogP contribution in [0.1, 0.15) is 17.5 Å². The van der Waals surface area contributed by atoms with E-state index < -0.39 is 0 Å². The number of fused-ring (bicyclic) bond motifs is 1. The molecule has 82 valence electrons. The minimum atomic E-state index is 0.178. The van der Waals surface area contributed by atoms with E-state index in [1.807, 2.05) is 12.1 Å². The van der Waals surface area contributed by atoms with Crippen molar-refractivity contribution in [3.63, 3.8) is 0 Å². The van der Waals surface area contributed by atoms with Crippen LogP contribution in [0.15, 0.2) is 12.1 Å². The Morgan fingerprint density at radius 3 is 3.07 bits per heavy atom. The molecule has 1 N–H and O–H groups in total. The van der Waals surface area contributed by atoms with Crippen LogP contribution in [-0.2, 0) is 17.8 Å². The van der Waals surface area contributed by atoms with E-state index in [2.05, 4.69) is 0 Å². The van der Waals surface area contributed by atoms with Crippen LogP contribution in [0, 0.1) is 0 Å². The fourth-order valence-corrected chi connectivity index (χ4v) is 1.88. The Balaban J connectivity index is 2.24. The van der Waals surface area contributed by atoms with Gasteiger partial charge in [-0.25, -0.2) is 0 Å². The van der Waals surface area contributed by atoms with Crippen molar-refractivity contribution in [2.75, 3.05) is 13.4 Å². The van der Waals surface area contributed by atoms with E-state index in [9.17, 15) is 0 Å². The summed E-state index contributed by atoms with van der Waals surface area (Å²) in [4.78, 5) is 0. The Bertz CT molecular complexity index is 352. The van der Waals surface area contributed by atoms with Crippen LogP contribution in [0.4, 0.5) is 0 Å². The molecule has 0 spiro atoms. The van der Waals surface area contributed by atoms with Crippen LogP contribution in [0.3, 0.4) is 0 Å². The lowest BCUT2D eigenvalue weighted by Crippen LogP contribution is -2.11. The molecular weight excluding hydrogens is 216 g/mol. The van der Waals surface area contributed by atoms with E-state index in [0.29, 0.717) is 13.4 Å². The minimum absolute atomic E-state index is 0.178. The summed E-state index contributed by atoms with van der Waals surface area (Å²) in [6, 6.07) is 3.82. The van der Waals surface area contributed by atoms with Crippen molar-refractivity contribution in [3.8, 4) is 5.75 Å². The number of ether oxygens (including phenoxy) is 2. The maximum Gasteiger partial charge on any atom is 0.189 e. The van der Waals surface area contributed by atoms with Gasteiger partial charge in [0, 0.05) is 17.2 Å². The molecule has 1 heterocycles. The van der Waals surface area contributed by atoms with Gasteiger partial charge in [0.2, 0.25) is 0 Å². The molecule has 0 saturated carbocycles. The van der Waals surface area contributed by atoms with Crippen LogP contribution >= 0.6 is 11.6 Å². The fraction of sp³-hybridized carbons (Fsp3) is 0.455. The third-order valence-corrected chi connectivity index (χ3v) is 2.74. The fourth-order valence-electron chi connectivity index (χ4n) is 1.60. The van der Waals surface area contributed by atoms with Crippen LogP contribution in [0.2, 0.25) is 5.02 Å². The smallest absolute Gasteiger partial charge is 0.189 e. The van der Waals surface area contributed by atoms with Gasteiger partial charge in [0.1, 0.15) is 5.75 Å². The van der Waals surface area contributed by atoms with E-state index >= 15 is 0 Å². The van der Waals surface area contributed by atoms with Gasteiger partial charge in [0.25, 0.3) is 0 Å². The van der Waals surface area contributed by atoms with Crippen molar-refractivity contribution in [1.82, 2.24) is 0 Å². The summed E-state index contributed by atoms with van der Waals surface area (Å²) < 4.78 is 10.5. The predicted octanol–water partition coefficient (Wildman–Crippen LogP) is 2.13. The Hall–Kier alpha value is -0.770. The summed E-state index contributed by atoms with van der Waals surface area (Å²) in [5, 5.41) is 9.48. The minimum Gasteiger partial charge on any atom is -0.467 e. The van der Waals surface area contributed by atoms with E-state index in [1.54, 1.807) is 0 Å². The largest absolute Gasteiger partial charge is 0.467 e. The van der Waals surface area contributed by atoms with Gasteiger partial charge in [-0.3, -0.25) is 0 Å². The first-order chi connectivity index (χ1) is 7.31. The summed E-state index contributed by atoms with van der Waals surface area (Å²) in [5.74, 6) is 0.846. The molecule has 0 bridgehead atoms. The summed E-state index contributed by atoms with van der Waals surface area (Å²) in [5.41, 5.74) is 2.00. The van der Waals surface area contributed by atoms with E-state index in [-0.39, 0.29) is 6.61 Å². The quantitative estimate of drug-likeness (QED) is 0.862. The summed E-state index contributed by atoms with van der Waals surface area (Å²) >= 11 is 6.10. The predicted molar refractivity (Wildman–Crippen MR) is 57.1 cm³/mol. The Morgan fingerprint density at radius 1 is 1.40 bits per heavy atom. The van der Waals surface area contributed by atoms with Gasteiger partial charge in [0.15, 0.2) is 6.79 Å². The highest BCUT2D eigenvalue weighted by Crippen LogP contribution is 2.30. The molecule has 0 aromatic heterocycles. The van der Waals surface area contributed by atoms with Crippen molar-refractivity contribution in [3.05, 3.63) is 28.3 Å². The molecule has 1 aromatic rings. The van der Waals surface area contributed by atoms with Gasteiger partial charge in [-0.05, 0) is 30.5 Å². The Kier molecular flexibility index (Phi) is 3.46. The zero-order chi connectivity index (χ0) is 10.7. The first-order valence-electron chi connectivity index (χ1n) is 4.94. The lowest BCUT2D eigenvalue weighted by Gasteiger charge is -2.19. The monoisotopic (exact) mass is 228 g/mol. The average Bonchev–Trinajstić information content (AvgIpc) is 2.26. The molecular formula is C11H13ClO3. The third kappa shape index (κ3) is 2.43.